The fraction of sp³-hybridized carbons (Fsp3) is 0.312. The number of hydrogen-bond donors (Lipinski definition) is 0. The molecule has 5 nitrogen and oxygen atoms in total. The minimum absolute atomic E-state index is 0.249. The van der Waals surface area contributed by atoms with Gasteiger partial charge in [-0.05, 0) is 18.9 Å². The molecule has 1 aromatic heterocycles. The lowest BCUT2D eigenvalue weighted by molar-refractivity contribution is -0.147. The predicted molar refractivity (Wildman–Crippen MR) is 77.6 cm³/mol. The van der Waals surface area contributed by atoms with Gasteiger partial charge in [-0.2, -0.15) is 4.98 Å². The van der Waals surface area contributed by atoms with Crippen LogP contribution in [0.15, 0.2) is 47.4 Å². The summed E-state index contributed by atoms with van der Waals surface area (Å²) in [6, 6.07) is 11.3. The van der Waals surface area contributed by atoms with E-state index in [-0.39, 0.29) is 11.7 Å². The standard InChI is InChI=1S/C16H16N2O3/c1-21-14(19)16(8-9-16)11-18-10-7-13(17-15(18)20)12-5-3-2-4-6-12/h2-7,10H,8-9,11H2,1H3. The van der Waals surface area contributed by atoms with Crippen LogP contribution in [0.4, 0.5) is 0 Å². The lowest BCUT2D eigenvalue weighted by atomic mass is 10.1. The highest BCUT2D eigenvalue weighted by Gasteiger charge is 2.51. The molecule has 0 atom stereocenters. The van der Waals surface area contributed by atoms with E-state index in [0.717, 1.165) is 18.4 Å². The number of methoxy groups -OCH3 is 1. The van der Waals surface area contributed by atoms with Crippen molar-refractivity contribution in [3.8, 4) is 11.3 Å². The van der Waals surface area contributed by atoms with Gasteiger partial charge in [0.25, 0.3) is 0 Å². The van der Waals surface area contributed by atoms with Crippen molar-refractivity contribution in [1.82, 2.24) is 9.55 Å². The van der Waals surface area contributed by atoms with Crippen LogP contribution in [0.1, 0.15) is 12.8 Å². The normalized spacial score (nSPS) is 15.5. The summed E-state index contributed by atoms with van der Waals surface area (Å²) in [5, 5.41) is 0. The summed E-state index contributed by atoms with van der Waals surface area (Å²) in [4.78, 5) is 28.0. The third-order valence-electron chi connectivity index (χ3n) is 3.89. The SMILES string of the molecule is COC(=O)C1(Cn2ccc(-c3ccccc3)nc2=O)CC1. The molecule has 0 N–H and O–H groups in total. The zero-order valence-corrected chi connectivity index (χ0v) is 11.8. The van der Waals surface area contributed by atoms with Crippen LogP contribution in [-0.4, -0.2) is 22.6 Å². The maximum atomic E-state index is 12.1. The topological polar surface area (TPSA) is 61.2 Å². The van der Waals surface area contributed by atoms with Gasteiger partial charge in [-0.15, -0.1) is 0 Å². The summed E-state index contributed by atoms with van der Waals surface area (Å²) in [6.07, 6.45) is 3.21. The van der Waals surface area contributed by atoms with E-state index in [1.807, 2.05) is 30.3 Å². The second-order valence-electron chi connectivity index (χ2n) is 5.36. The molecule has 108 valence electrons. The molecule has 1 aliphatic carbocycles. The largest absolute Gasteiger partial charge is 0.469 e. The average Bonchev–Trinajstić information content (AvgIpc) is 3.30. The first-order chi connectivity index (χ1) is 10.1. The highest BCUT2D eigenvalue weighted by Crippen LogP contribution is 2.47. The monoisotopic (exact) mass is 284 g/mol. The van der Waals surface area contributed by atoms with Crippen LogP contribution in [0.5, 0.6) is 0 Å². The van der Waals surface area contributed by atoms with E-state index in [0.29, 0.717) is 12.2 Å². The highest BCUT2D eigenvalue weighted by molar-refractivity contribution is 5.79. The summed E-state index contributed by atoms with van der Waals surface area (Å²) in [5.74, 6) is -0.249. The Labute approximate surface area is 122 Å². The van der Waals surface area contributed by atoms with Crippen LogP contribution < -0.4 is 5.69 Å². The number of hydrogen-bond acceptors (Lipinski definition) is 4. The molecule has 1 heterocycles. The Hall–Kier alpha value is -2.43. The maximum Gasteiger partial charge on any atom is 0.348 e. The van der Waals surface area contributed by atoms with Gasteiger partial charge in [-0.1, -0.05) is 30.3 Å². The number of ether oxygens (including phenoxy) is 1. The van der Waals surface area contributed by atoms with Crippen LogP contribution in [0, 0.1) is 5.41 Å². The molecule has 2 aromatic rings. The number of carbonyl (C=O) groups is 1. The fourth-order valence-electron chi connectivity index (χ4n) is 2.44. The lowest BCUT2D eigenvalue weighted by Crippen LogP contribution is -2.31. The summed E-state index contributed by atoms with van der Waals surface area (Å²) in [5.41, 5.74) is 0.663. The van der Waals surface area contributed by atoms with Crippen LogP contribution in [0.25, 0.3) is 11.3 Å². The predicted octanol–water partition coefficient (Wildman–Crippen LogP) is 1.86. The Kier molecular flexibility index (Phi) is 3.33. The first-order valence-corrected chi connectivity index (χ1v) is 6.86. The molecule has 0 radical (unpaired) electrons. The molecule has 0 unspecified atom stereocenters. The molecule has 5 heteroatoms. The molecule has 21 heavy (non-hydrogen) atoms. The Balaban J connectivity index is 1.86. The molecular formula is C16H16N2O3. The maximum absolute atomic E-state index is 12.1. The van der Waals surface area contributed by atoms with Crippen LogP contribution in [0.3, 0.4) is 0 Å². The number of carbonyl (C=O) groups excluding carboxylic acids is 1. The second kappa shape index (κ2) is 5.16. The van der Waals surface area contributed by atoms with Crippen molar-refractivity contribution in [3.05, 3.63) is 53.1 Å². The molecule has 0 saturated heterocycles. The van der Waals surface area contributed by atoms with Crippen molar-refractivity contribution in [2.24, 2.45) is 5.41 Å². The highest BCUT2D eigenvalue weighted by atomic mass is 16.5. The first kappa shape index (κ1) is 13.5. The van der Waals surface area contributed by atoms with Gasteiger partial charge < -0.3 is 4.74 Å². The number of nitrogens with zero attached hydrogens (tertiary/aromatic N) is 2. The molecule has 1 aromatic carbocycles. The van der Waals surface area contributed by atoms with Gasteiger partial charge in [-0.3, -0.25) is 9.36 Å². The van der Waals surface area contributed by atoms with Crippen LogP contribution in [-0.2, 0) is 16.1 Å². The fourth-order valence-corrected chi connectivity index (χ4v) is 2.44. The quantitative estimate of drug-likeness (QED) is 0.804. The number of benzene rings is 1. The lowest BCUT2D eigenvalue weighted by Gasteiger charge is -2.14. The third-order valence-corrected chi connectivity index (χ3v) is 3.89. The van der Waals surface area contributed by atoms with Gasteiger partial charge in [0.2, 0.25) is 0 Å². The molecule has 0 aliphatic heterocycles. The first-order valence-electron chi connectivity index (χ1n) is 6.86. The van der Waals surface area contributed by atoms with E-state index in [2.05, 4.69) is 4.98 Å². The van der Waals surface area contributed by atoms with E-state index >= 15 is 0 Å². The van der Waals surface area contributed by atoms with E-state index in [1.54, 1.807) is 12.3 Å². The average molecular weight is 284 g/mol. The summed E-state index contributed by atoms with van der Waals surface area (Å²) in [6.45, 7) is 0.334. The van der Waals surface area contributed by atoms with Gasteiger partial charge in [0.15, 0.2) is 0 Å². The van der Waals surface area contributed by atoms with Crippen molar-refractivity contribution in [1.29, 1.82) is 0 Å². The second-order valence-corrected chi connectivity index (χ2v) is 5.36. The minimum atomic E-state index is -0.533. The Morgan fingerprint density at radius 1 is 1.29 bits per heavy atom. The number of esters is 1. The van der Waals surface area contributed by atoms with Crippen molar-refractivity contribution in [2.45, 2.75) is 19.4 Å². The molecule has 1 saturated carbocycles. The Morgan fingerprint density at radius 2 is 2.00 bits per heavy atom. The molecule has 0 amide bonds. The zero-order valence-electron chi connectivity index (χ0n) is 11.8. The molecular weight excluding hydrogens is 268 g/mol. The smallest absolute Gasteiger partial charge is 0.348 e. The van der Waals surface area contributed by atoms with E-state index in [4.69, 9.17) is 4.74 Å². The van der Waals surface area contributed by atoms with Gasteiger partial charge in [-0.25, -0.2) is 4.79 Å². The van der Waals surface area contributed by atoms with Gasteiger partial charge in [0, 0.05) is 18.3 Å². The van der Waals surface area contributed by atoms with Gasteiger partial charge in [0.05, 0.1) is 18.2 Å². The van der Waals surface area contributed by atoms with Crippen molar-refractivity contribution in [2.75, 3.05) is 7.11 Å². The molecule has 0 spiro atoms. The third kappa shape index (κ3) is 2.59. The molecule has 3 rings (SSSR count). The summed E-state index contributed by atoms with van der Waals surface area (Å²) < 4.78 is 6.29. The minimum Gasteiger partial charge on any atom is -0.469 e. The van der Waals surface area contributed by atoms with Gasteiger partial charge >= 0.3 is 11.7 Å². The Morgan fingerprint density at radius 3 is 2.57 bits per heavy atom. The van der Waals surface area contributed by atoms with E-state index in [9.17, 15) is 9.59 Å². The molecule has 0 bridgehead atoms. The summed E-state index contributed by atoms with van der Waals surface area (Å²) in [7, 11) is 1.38. The number of rotatable bonds is 4. The van der Waals surface area contributed by atoms with Crippen molar-refractivity contribution in [3.63, 3.8) is 0 Å². The Bertz CT molecular complexity index is 718. The van der Waals surface area contributed by atoms with Crippen molar-refractivity contribution < 1.29 is 9.53 Å². The van der Waals surface area contributed by atoms with Crippen LogP contribution >= 0.6 is 0 Å². The zero-order chi connectivity index (χ0) is 14.9. The molecule has 1 aliphatic rings. The molecule has 1 fully saturated rings. The van der Waals surface area contributed by atoms with Crippen LogP contribution in [0.2, 0.25) is 0 Å². The van der Waals surface area contributed by atoms with Crippen molar-refractivity contribution >= 4 is 5.97 Å². The van der Waals surface area contributed by atoms with Gasteiger partial charge in [0.1, 0.15) is 0 Å². The van der Waals surface area contributed by atoms with E-state index in [1.165, 1.54) is 11.7 Å². The van der Waals surface area contributed by atoms with E-state index < -0.39 is 5.41 Å². The summed E-state index contributed by atoms with van der Waals surface area (Å²) >= 11 is 0. The number of aromatic nitrogens is 2.